The Morgan fingerprint density at radius 3 is 2.35 bits per heavy atom. The van der Waals surface area contributed by atoms with Crippen LogP contribution in [0.15, 0.2) is 12.4 Å². The number of rotatable bonds is 3. The van der Waals surface area contributed by atoms with Gasteiger partial charge in [-0.3, -0.25) is 4.90 Å². The van der Waals surface area contributed by atoms with Crippen molar-refractivity contribution in [3.63, 3.8) is 0 Å². The van der Waals surface area contributed by atoms with E-state index in [9.17, 15) is 18.0 Å². The molecule has 10 heteroatoms. The molecule has 1 unspecified atom stereocenters. The molecule has 1 aromatic rings. The lowest BCUT2D eigenvalue weighted by Crippen LogP contribution is -2.58. The summed E-state index contributed by atoms with van der Waals surface area (Å²) in [5.41, 5.74) is -1.52. The minimum atomic E-state index is -4.48. The fourth-order valence-corrected chi connectivity index (χ4v) is 2.56. The molecule has 0 N–H and O–H groups in total. The van der Waals surface area contributed by atoms with E-state index in [0.29, 0.717) is 19.6 Å². The third-order valence-corrected chi connectivity index (χ3v) is 3.72. The summed E-state index contributed by atoms with van der Waals surface area (Å²) in [5, 5.41) is 0. The van der Waals surface area contributed by atoms with Gasteiger partial charge in [0.2, 0.25) is 5.95 Å². The van der Waals surface area contributed by atoms with Gasteiger partial charge in [0.1, 0.15) is 5.60 Å². The predicted molar refractivity (Wildman–Crippen MR) is 87.9 cm³/mol. The van der Waals surface area contributed by atoms with E-state index in [-0.39, 0.29) is 18.6 Å². The average Bonchev–Trinajstić information content (AvgIpc) is 2.53. The standard InChI is InChI=1S/C16H23F3N4O3/c1-15(2,3)26-14(24)23-6-5-22(9-12(23)10-25-4)13-20-7-11(8-21-13)16(17,18)19/h7-8,12H,5-6,9-10H2,1-4H3. The summed E-state index contributed by atoms with van der Waals surface area (Å²) in [4.78, 5) is 23.3. The highest BCUT2D eigenvalue weighted by atomic mass is 19.4. The van der Waals surface area contributed by atoms with Crippen molar-refractivity contribution in [2.24, 2.45) is 0 Å². The third kappa shape index (κ3) is 5.20. The number of methoxy groups -OCH3 is 1. The molecule has 1 atom stereocenters. The summed E-state index contributed by atoms with van der Waals surface area (Å²) in [7, 11) is 1.51. The normalized spacial score (nSPS) is 18.8. The second-order valence-corrected chi connectivity index (χ2v) is 7.00. The van der Waals surface area contributed by atoms with Crippen LogP contribution in [0.2, 0.25) is 0 Å². The van der Waals surface area contributed by atoms with Crippen LogP contribution in [-0.2, 0) is 15.7 Å². The largest absolute Gasteiger partial charge is 0.444 e. The smallest absolute Gasteiger partial charge is 0.419 e. The van der Waals surface area contributed by atoms with Gasteiger partial charge in [0.15, 0.2) is 0 Å². The summed E-state index contributed by atoms with van der Waals surface area (Å²) in [6, 6.07) is -0.325. The Morgan fingerprint density at radius 1 is 1.23 bits per heavy atom. The second kappa shape index (κ2) is 7.65. The molecular weight excluding hydrogens is 353 g/mol. The monoisotopic (exact) mass is 376 g/mol. The Hall–Kier alpha value is -2.10. The Kier molecular flexibility index (Phi) is 5.94. The number of amides is 1. The van der Waals surface area contributed by atoms with Crippen LogP contribution in [0, 0.1) is 0 Å². The second-order valence-electron chi connectivity index (χ2n) is 7.00. The van der Waals surface area contributed by atoms with E-state index in [2.05, 4.69) is 9.97 Å². The SMILES string of the molecule is COCC1CN(c2ncc(C(F)(F)F)cn2)CCN1C(=O)OC(C)(C)C. The molecular formula is C16H23F3N4O3. The van der Waals surface area contributed by atoms with Gasteiger partial charge in [0.05, 0.1) is 18.2 Å². The minimum Gasteiger partial charge on any atom is -0.444 e. The zero-order valence-corrected chi connectivity index (χ0v) is 15.2. The van der Waals surface area contributed by atoms with Crippen molar-refractivity contribution in [2.75, 3.05) is 38.3 Å². The number of carbonyl (C=O) groups excluding carboxylic acids is 1. The van der Waals surface area contributed by atoms with Gasteiger partial charge in [-0.2, -0.15) is 13.2 Å². The maximum atomic E-state index is 12.6. The van der Waals surface area contributed by atoms with Crippen LogP contribution < -0.4 is 4.90 Å². The molecule has 0 aromatic carbocycles. The average molecular weight is 376 g/mol. The van der Waals surface area contributed by atoms with Gasteiger partial charge in [-0.05, 0) is 20.8 Å². The topological polar surface area (TPSA) is 67.8 Å². The quantitative estimate of drug-likeness (QED) is 0.808. The van der Waals surface area contributed by atoms with E-state index < -0.39 is 23.4 Å². The fourth-order valence-electron chi connectivity index (χ4n) is 2.56. The fraction of sp³-hybridized carbons (Fsp3) is 0.688. The molecule has 1 aliphatic rings. The Morgan fingerprint density at radius 2 is 1.85 bits per heavy atom. The maximum Gasteiger partial charge on any atom is 0.419 e. The molecule has 1 aliphatic heterocycles. The number of aromatic nitrogens is 2. The van der Waals surface area contributed by atoms with Crippen LogP contribution in [0.5, 0.6) is 0 Å². The molecule has 1 fully saturated rings. The number of halogens is 3. The molecule has 0 bridgehead atoms. The van der Waals surface area contributed by atoms with Crippen molar-refractivity contribution < 1.29 is 27.4 Å². The summed E-state index contributed by atoms with van der Waals surface area (Å²) in [5.74, 6) is 0.183. The number of alkyl halides is 3. The number of hydrogen-bond acceptors (Lipinski definition) is 6. The lowest BCUT2D eigenvalue weighted by atomic mass is 10.2. The molecule has 26 heavy (non-hydrogen) atoms. The molecule has 0 aliphatic carbocycles. The first-order valence-electron chi connectivity index (χ1n) is 8.14. The predicted octanol–water partition coefficient (Wildman–Crippen LogP) is 2.57. The highest BCUT2D eigenvalue weighted by Gasteiger charge is 2.35. The van der Waals surface area contributed by atoms with E-state index in [1.807, 2.05) is 0 Å². The first-order valence-corrected chi connectivity index (χ1v) is 8.14. The van der Waals surface area contributed by atoms with Gasteiger partial charge in [0.25, 0.3) is 0 Å². The van der Waals surface area contributed by atoms with E-state index in [0.717, 1.165) is 12.4 Å². The van der Waals surface area contributed by atoms with Gasteiger partial charge in [-0.25, -0.2) is 14.8 Å². The lowest BCUT2D eigenvalue weighted by molar-refractivity contribution is -0.138. The van der Waals surface area contributed by atoms with Crippen LogP contribution >= 0.6 is 0 Å². The van der Waals surface area contributed by atoms with Crippen LogP contribution in [0.1, 0.15) is 26.3 Å². The van der Waals surface area contributed by atoms with E-state index in [1.165, 1.54) is 7.11 Å². The molecule has 0 spiro atoms. The molecule has 1 aromatic heterocycles. The summed E-state index contributed by atoms with van der Waals surface area (Å²) in [6.45, 7) is 6.64. The third-order valence-electron chi connectivity index (χ3n) is 3.72. The van der Waals surface area contributed by atoms with Crippen LogP contribution in [-0.4, -0.2) is 66.0 Å². The van der Waals surface area contributed by atoms with E-state index >= 15 is 0 Å². The number of nitrogens with zero attached hydrogens (tertiary/aromatic N) is 4. The Labute approximate surface area is 150 Å². The molecule has 7 nitrogen and oxygen atoms in total. The van der Waals surface area contributed by atoms with Crippen LogP contribution in [0.4, 0.5) is 23.9 Å². The van der Waals surface area contributed by atoms with Crippen molar-refractivity contribution in [2.45, 2.75) is 38.6 Å². The van der Waals surface area contributed by atoms with Crippen molar-refractivity contribution >= 4 is 12.0 Å². The zero-order chi connectivity index (χ0) is 19.5. The molecule has 2 rings (SSSR count). The van der Waals surface area contributed by atoms with Crippen molar-refractivity contribution in [1.82, 2.24) is 14.9 Å². The first-order chi connectivity index (χ1) is 12.0. The highest BCUT2D eigenvalue weighted by Crippen LogP contribution is 2.28. The molecule has 1 saturated heterocycles. The van der Waals surface area contributed by atoms with Crippen molar-refractivity contribution in [1.29, 1.82) is 0 Å². The van der Waals surface area contributed by atoms with Crippen LogP contribution in [0.3, 0.4) is 0 Å². The Balaban J connectivity index is 2.10. The van der Waals surface area contributed by atoms with Gasteiger partial charge >= 0.3 is 12.3 Å². The molecule has 2 heterocycles. The maximum absolute atomic E-state index is 12.6. The summed E-state index contributed by atoms with van der Waals surface area (Å²) < 4.78 is 48.5. The van der Waals surface area contributed by atoms with Gasteiger partial charge in [0, 0.05) is 39.1 Å². The number of piperazine rings is 1. The van der Waals surface area contributed by atoms with Crippen LogP contribution in [0.25, 0.3) is 0 Å². The van der Waals surface area contributed by atoms with Crippen molar-refractivity contribution in [3.05, 3.63) is 18.0 Å². The summed E-state index contributed by atoms with van der Waals surface area (Å²) >= 11 is 0. The lowest BCUT2D eigenvalue weighted by Gasteiger charge is -2.41. The van der Waals surface area contributed by atoms with Gasteiger partial charge in [-0.15, -0.1) is 0 Å². The van der Waals surface area contributed by atoms with E-state index in [1.54, 1.807) is 30.6 Å². The number of hydrogen-bond donors (Lipinski definition) is 0. The first kappa shape index (κ1) is 20.2. The number of anilines is 1. The van der Waals surface area contributed by atoms with Gasteiger partial charge in [-0.1, -0.05) is 0 Å². The minimum absolute atomic E-state index is 0.183. The van der Waals surface area contributed by atoms with E-state index in [4.69, 9.17) is 9.47 Å². The molecule has 146 valence electrons. The van der Waals surface area contributed by atoms with Gasteiger partial charge < -0.3 is 14.4 Å². The zero-order valence-electron chi connectivity index (χ0n) is 15.2. The molecule has 0 saturated carbocycles. The molecule has 0 radical (unpaired) electrons. The molecule has 1 amide bonds. The highest BCUT2D eigenvalue weighted by molar-refractivity contribution is 5.69. The Bertz CT molecular complexity index is 617. The number of ether oxygens (including phenoxy) is 2. The summed E-state index contributed by atoms with van der Waals surface area (Å²) in [6.07, 6.45) is -3.42. The van der Waals surface area contributed by atoms with Crippen molar-refractivity contribution in [3.8, 4) is 0 Å². The number of carbonyl (C=O) groups is 1.